The van der Waals surface area contributed by atoms with Crippen LogP contribution in [0.2, 0.25) is 0 Å². The van der Waals surface area contributed by atoms with Crippen LogP contribution >= 0.6 is 0 Å². The van der Waals surface area contributed by atoms with E-state index in [1.807, 2.05) is 31.2 Å². The summed E-state index contributed by atoms with van der Waals surface area (Å²) in [6.07, 6.45) is 12.6. The minimum absolute atomic E-state index is 0.367. The third-order valence-electron chi connectivity index (χ3n) is 5.51. The van der Waals surface area contributed by atoms with Crippen LogP contribution in [-0.4, -0.2) is 5.60 Å². The Hall–Kier alpha value is -2.55. The first-order chi connectivity index (χ1) is 13.3. The van der Waals surface area contributed by atoms with Crippen molar-refractivity contribution in [2.75, 3.05) is 0 Å². The normalized spacial score (nSPS) is 19.5. The molecule has 0 saturated heterocycles. The highest BCUT2D eigenvalue weighted by molar-refractivity contribution is 5.84. The molecule has 0 radical (unpaired) electrons. The predicted octanol–water partition coefficient (Wildman–Crippen LogP) is 6.11. The Morgan fingerprint density at radius 1 is 1.25 bits per heavy atom. The molecule has 1 aliphatic rings. The van der Waals surface area contributed by atoms with Crippen LogP contribution in [0.5, 0.6) is 5.75 Å². The Kier molecular flexibility index (Phi) is 5.93. The molecule has 0 saturated carbocycles. The highest BCUT2D eigenvalue weighted by Crippen LogP contribution is 2.39. The van der Waals surface area contributed by atoms with Crippen molar-refractivity contribution in [3.8, 4) is 5.75 Å². The van der Waals surface area contributed by atoms with E-state index >= 15 is 0 Å². The SMILES string of the molecule is CC(C)=CCC/C(C)=C/C=C/C1(C)CCc2c(c3ccccc3[n+]([O-])c2C)O1. The Bertz CT molecular complexity index is 964. The van der Waals surface area contributed by atoms with Gasteiger partial charge in [-0.1, -0.05) is 41.5 Å². The standard InChI is InChI=1S/C25H31NO2/c1-18(2)10-8-11-19(3)12-9-16-25(5)17-15-21-20(4)26(27)23-14-7-6-13-22(23)24(21)28-25/h6-7,9-10,12-14,16H,8,11,15,17H2,1-5H3/b16-9+,19-12+. The van der Waals surface area contributed by atoms with Gasteiger partial charge in [-0.25, -0.2) is 0 Å². The topological polar surface area (TPSA) is 36.2 Å². The average molecular weight is 378 g/mol. The molecule has 1 aromatic carbocycles. The molecule has 1 aliphatic heterocycles. The highest BCUT2D eigenvalue weighted by Gasteiger charge is 2.34. The zero-order chi connectivity index (χ0) is 20.3. The van der Waals surface area contributed by atoms with Gasteiger partial charge in [-0.2, -0.15) is 4.73 Å². The second-order valence-corrected chi connectivity index (χ2v) is 8.31. The van der Waals surface area contributed by atoms with Gasteiger partial charge >= 0.3 is 0 Å². The van der Waals surface area contributed by atoms with E-state index in [9.17, 15) is 5.21 Å². The summed E-state index contributed by atoms with van der Waals surface area (Å²) in [7, 11) is 0. The third-order valence-corrected chi connectivity index (χ3v) is 5.51. The number of hydrogen-bond acceptors (Lipinski definition) is 2. The van der Waals surface area contributed by atoms with E-state index in [0.717, 1.165) is 52.8 Å². The summed E-state index contributed by atoms with van der Waals surface area (Å²) in [6.45, 7) is 10.5. The smallest absolute Gasteiger partial charge is 0.227 e. The zero-order valence-corrected chi connectivity index (χ0v) is 17.7. The minimum Gasteiger partial charge on any atom is -0.618 e. The van der Waals surface area contributed by atoms with Gasteiger partial charge in [-0.3, -0.25) is 0 Å². The summed E-state index contributed by atoms with van der Waals surface area (Å²) in [5, 5.41) is 13.5. The van der Waals surface area contributed by atoms with E-state index in [-0.39, 0.29) is 5.60 Å². The molecule has 3 nitrogen and oxygen atoms in total. The minimum atomic E-state index is -0.367. The highest BCUT2D eigenvalue weighted by atomic mass is 16.5. The molecule has 1 atom stereocenters. The Balaban J connectivity index is 1.83. The molecule has 28 heavy (non-hydrogen) atoms. The van der Waals surface area contributed by atoms with Gasteiger partial charge in [0.05, 0.1) is 10.9 Å². The molecule has 3 rings (SSSR count). The van der Waals surface area contributed by atoms with Crippen molar-refractivity contribution in [2.24, 2.45) is 0 Å². The molecule has 0 spiro atoms. The van der Waals surface area contributed by atoms with Crippen LogP contribution in [0.15, 0.2) is 59.7 Å². The molecular formula is C25H31NO2. The van der Waals surface area contributed by atoms with Crippen LogP contribution in [-0.2, 0) is 6.42 Å². The molecule has 0 aliphatic carbocycles. The quantitative estimate of drug-likeness (QED) is 0.273. The number of para-hydroxylation sites is 1. The van der Waals surface area contributed by atoms with Crippen LogP contribution in [0.1, 0.15) is 58.2 Å². The lowest BCUT2D eigenvalue weighted by Gasteiger charge is -2.34. The summed E-state index contributed by atoms with van der Waals surface area (Å²) >= 11 is 0. The van der Waals surface area contributed by atoms with Crippen LogP contribution in [0, 0.1) is 12.1 Å². The number of fused-ring (bicyclic) bond motifs is 3. The lowest BCUT2D eigenvalue weighted by Crippen LogP contribution is -2.39. The number of allylic oxidation sites excluding steroid dienone is 5. The Morgan fingerprint density at radius 3 is 2.75 bits per heavy atom. The van der Waals surface area contributed by atoms with Crippen molar-refractivity contribution in [1.82, 2.24) is 0 Å². The van der Waals surface area contributed by atoms with Crippen molar-refractivity contribution in [3.63, 3.8) is 0 Å². The van der Waals surface area contributed by atoms with E-state index in [2.05, 4.69) is 52.0 Å². The predicted molar refractivity (Wildman–Crippen MR) is 117 cm³/mol. The fraction of sp³-hybridized carbons (Fsp3) is 0.400. The first-order valence-electron chi connectivity index (χ1n) is 10.1. The molecule has 3 heteroatoms. The van der Waals surface area contributed by atoms with Crippen molar-refractivity contribution in [1.29, 1.82) is 0 Å². The maximum atomic E-state index is 12.6. The molecule has 0 fully saturated rings. The van der Waals surface area contributed by atoms with Gasteiger partial charge in [0.15, 0.2) is 5.69 Å². The van der Waals surface area contributed by atoms with Crippen molar-refractivity contribution in [3.05, 3.63) is 76.2 Å². The molecule has 0 amide bonds. The number of benzene rings is 1. The van der Waals surface area contributed by atoms with Crippen LogP contribution in [0.3, 0.4) is 0 Å². The molecule has 148 valence electrons. The van der Waals surface area contributed by atoms with Gasteiger partial charge in [-0.05, 0) is 65.5 Å². The lowest BCUT2D eigenvalue weighted by molar-refractivity contribution is -0.584. The van der Waals surface area contributed by atoms with Crippen LogP contribution < -0.4 is 9.47 Å². The number of nitrogens with zero attached hydrogens (tertiary/aromatic N) is 1. The van der Waals surface area contributed by atoms with Crippen LogP contribution in [0.25, 0.3) is 10.9 Å². The van der Waals surface area contributed by atoms with E-state index in [1.54, 1.807) is 0 Å². The van der Waals surface area contributed by atoms with Gasteiger partial charge in [0.25, 0.3) is 0 Å². The fourth-order valence-corrected chi connectivity index (χ4v) is 3.75. The molecule has 0 bridgehead atoms. The Labute approximate surface area is 168 Å². The summed E-state index contributed by atoms with van der Waals surface area (Å²) in [5.74, 6) is 0.864. The van der Waals surface area contributed by atoms with Gasteiger partial charge < -0.3 is 9.94 Å². The number of hydrogen-bond donors (Lipinski definition) is 0. The zero-order valence-electron chi connectivity index (χ0n) is 17.7. The fourth-order valence-electron chi connectivity index (χ4n) is 3.75. The number of rotatable bonds is 5. The first-order valence-corrected chi connectivity index (χ1v) is 10.1. The third kappa shape index (κ3) is 4.30. The summed E-state index contributed by atoms with van der Waals surface area (Å²) in [5.41, 5.74) is 4.81. The van der Waals surface area contributed by atoms with Crippen LogP contribution in [0.4, 0.5) is 0 Å². The summed E-state index contributed by atoms with van der Waals surface area (Å²) in [6, 6.07) is 7.69. The summed E-state index contributed by atoms with van der Waals surface area (Å²) < 4.78 is 7.52. The second-order valence-electron chi connectivity index (χ2n) is 8.31. The van der Waals surface area contributed by atoms with Gasteiger partial charge in [-0.15, -0.1) is 0 Å². The number of aromatic nitrogens is 1. The first kappa shape index (κ1) is 20.2. The van der Waals surface area contributed by atoms with E-state index in [4.69, 9.17) is 4.74 Å². The molecule has 2 heterocycles. The molecule has 1 aromatic heterocycles. The average Bonchev–Trinajstić information content (AvgIpc) is 2.65. The molecule has 1 unspecified atom stereocenters. The van der Waals surface area contributed by atoms with Crippen molar-refractivity contribution >= 4 is 10.9 Å². The Morgan fingerprint density at radius 2 is 2.00 bits per heavy atom. The van der Waals surface area contributed by atoms with E-state index in [0.29, 0.717) is 5.52 Å². The van der Waals surface area contributed by atoms with Crippen molar-refractivity contribution < 1.29 is 9.47 Å². The van der Waals surface area contributed by atoms with E-state index in [1.165, 1.54) is 11.1 Å². The van der Waals surface area contributed by atoms with Gasteiger partial charge in [0.2, 0.25) is 5.52 Å². The largest absolute Gasteiger partial charge is 0.618 e. The maximum absolute atomic E-state index is 12.6. The maximum Gasteiger partial charge on any atom is 0.227 e. The van der Waals surface area contributed by atoms with Gasteiger partial charge in [0, 0.05) is 13.0 Å². The summed E-state index contributed by atoms with van der Waals surface area (Å²) in [4.78, 5) is 0. The lowest BCUT2D eigenvalue weighted by atomic mass is 9.90. The van der Waals surface area contributed by atoms with Gasteiger partial charge in [0.1, 0.15) is 11.4 Å². The van der Waals surface area contributed by atoms with E-state index < -0.39 is 0 Å². The monoisotopic (exact) mass is 377 g/mol. The molecular weight excluding hydrogens is 346 g/mol. The number of pyridine rings is 1. The molecule has 0 N–H and O–H groups in total. The van der Waals surface area contributed by atoms with Crippen molar-refractivity contribution in [2.45, 2.75) is 65.9 Å². The molecule has 2 aromatic rings. The number of ether oxygens (including phenoxy) is 1. The second kappa shape index (κ2) is 8.22.